The van der Waals surface area contributed by atoms with Crippen LogP contribution in [0.3, 0.4) is 0 Å². The van der Waals surface area contributed by atoms with Gasteiger partial charge in [0.1, 0.15) is 5.15 Å². The third-order valence-corrected chi connectivity index (χ3v) is 2.35. The standard InChI is InChI=1S/C11H13ClIN3/c12-10-5-4-9(8-16-10)7-15-6-2-1-3-11(13)14/h1-6,8,11,15H,7,14H2/b3-1-,6-2-. The molecular formula is C11H13ClIN3. The molecule has 5 heteroatoms. The monoisotopic (exact) mass is 349 g/mol. The SMILES string of the molecule is NC(I)/C=C\C=C/NCc1ccc(Cl)nc1. The molecule has 1 rings (SSSR count). The maximum absolute atomic E-state index is 5.68. The zero-order valence-corrected chi connectivity index (χ0v) is 11.5. The Balaban J connectivity index is 2.28. The summed E-state index contributed by atoms with van der Waals surface area (Å²) >= 11 is 7.81. The van der Waals surface area contributed by atoms with Crippen molar-refractivity contribution >= 4 is 34.2 Å². The van der Waals surface area contributed by atoms with E-state index in [2.05, 4.69) is 32.9 Å². The molecule has 1 atom stereocenters. The van der Waals surface area contributed by atoms with Gasteiger partial charge in [-0.05, 0) is 23.9 Å². The Bertz CT molecular complexity index is 360. The average Bonchev–Trinajstić information content (AvgIpc) is 2.25. The molecule has 0 bridgehead atoms. The van der Waals surface area contributed by atoms with E-state index in [-0.39, 0.29) is 4.05 Å². The summed E-state index contributed by atoms with van der Waals surface area (Å²) < 4.78 is 0.0581. The van der Waals surface area contributed by atoms with Gasteiger partial charge in [-0.2, -0.15) is 0 Å². The fraction of sp³-hybridized carbons (Fsp3) is 0.182. The van der Waals surface area contributed by atoms with Gasteiger partial charge in [-0.1, -0.05) is 52.4 Å². The first kappa shape index (κ1) is 13.5. The van der Waals surface area contributed by atoms with Crippen molar-refractivity contribution in [2.75, 3.05) is 0 Å². The molecule has 1 unspecified atom stereocenters. The number of alkyl halides is 1. The van der Waals surface area contributed by atoms with Gasteiger partial charge in [0.25, 0.3) is 0 Å². The number of hydrogen-bond acceptors (Lipinski definition) is 3. The summed E-state index contributed by atoms with van der Waals surface area (Å²) in [6, 6.07) is 3.71. The fourth-order valence-corrected chi connectivity index (χ4v) is 1.33. The van der Waals surface area contributed by atoms with Crippen LogP contribution in [0.5, 0.6) is 0 Å². The molecule has 86 valence electrons. The summed E-state index contributed by atoms with van der Waals surface area (Å²) in [5.41, 5.74) is 6.62. The Hall–Kier alpha value is -0.590. The van der Waals surface area contributed by atoms with Gasteiger partial charge in [-0.25, -0.2) is 4.98 Å². The molecule has 0 fully saturated rings. The second-order valence-corrected chi connectivity index (χ2v) is 4.88. The van der Waals surface area contributed by atoms with E-state index in [1.807, 2.05) is 30.5 Å². The van der Waals surface area contributed by atoms with Gasteiger partial charge in [0, 0.05) is 12.7 Å². The molecule has 0 aromatic carbocycles. The molecule has 0 saturated heterocycles. The molecule has 1 aromatic rings. The van der Waals surface area contributed by atoms with Crippen LogP contribution in [-0.4, -0.2) is 9.03 Å². The van der Waals surface area contributed by atoms with Crippen LogP contribution in [0.1, 0.15) is 5.56 Å². The van der Waals surface area contributed by atoms with Gasteiger partial charge < -0.3 is 11.1 Å². The second kappa shape index (κ2) is 7.65. The number of nitrogens with zero attached hydrogens (tertiary/aromatic N) is 1. The van der Waals surface area contributed by atoms with Crippen molar-refractivity contribution in [1.82, 2.24) is 10.3 Å². The van der Waals surface area contributed by atoms with Crippen LogP contribution in [-0.2, 0) is 6.54 Å². The first-order valence-corrected chi connectivity index (χ1v) is 6.37. The highest BCUT2D eigenvalue weighted by Gasteiger charge is 1.91. The molecular weight excluding hydrogens is 336 g/mol. The molecule has 0 amide bonds. The zero-order valence-electron chi connectivity index (χ0n) is 8.61. The lowest BCUT2D eigenvalue weighted by atomic mass is 10.3. The lowest BCUT2D eigenvalue weighted by Crippen LogP contribution is -2.05. The number of rotatable bonds is 5. The van der Waals surface area contributed by atoms with Gasteiger partial charge in [0.15, 0.2) is 0 Å². The minimum Gasteiger partial charge on any atom is -0.387 e. The van der Waals surface area contributed by atoms with Crippen LogP contribution in [0.15, 0.2) is 42.8 Å². The number of aromatic nitrogens is 1. The molecule has 0 aliphatic rings. The molecule has 16 heavy (non-hydrogen) atoms. The molecule has 3 N–H and O–H groups in total. The van der Waals surface area contributed by atoms with Crippen LogP contribution >= 0.6 is 34.2 Å². The summed E-state index contributed by atoms with van der Waals surface area (Å²) in [5, 5.41) is 3.65. The van der Waals surface area contributed by atoms with Crippen LogP contribution in [0, 0.1) is 0 Å². The van der Waals surface area contributed by atoms with E-state index in [0.29, 0.717) is 5.15 Å². The quantitative estimate of drug-likeness (QED) is 0.282. The van der Waals surface area contributed by atoms with Crippen LogP contribution in [0.25, 0.3) is 0 Å². The minimum absolute atomic E-state index is 0.0581. The number of nitrogens with two attached hydrogens (primary N) is 1. The maximum atomic E-state index is 5.68. The summed E-state index contributed by atoms with van der Waals surface area (Å²) in [4.78, 5) is 3.99. The van der Waals surface area contributed by atoms with E-state index >= 15 is 0 Å². The van der Waals surface area contributed by atoms with Gasteiger partial charge >= 0.3 is 0 Å². The summed E-state index contributed by atoms with van der Waals surface area (Å²) in [5.74, 6) is 0. The van der Waals surface area contributed by atoms with E-state index in [9.17, 15) is 0 Å². The first-order valence-electron chi connectivity index (χ1n) is 4.75. The molecule has 0 saturated carbocycles. The third-order valence-electron chi connectivity index (χ3n) is 1.71. The average molecular weight is 350 g/mol. The van der Waals surface area contributed by atoms with Crippen molar-refractivity contribution in [3.63, 3.8) is 0 Å². The number of nitrogens with one attached hydrogen (secondary N) is 1. The molecule has 0 radical (unpaired) electrons. The van der Waals surface area contributed by atoms with E-state index in [1.165, 1.54) is 0 Å². The fourth-order valence-electron chi connectivity index (χ4n) is 0.982. The molecule has 0 aliphatic carbocycles. The predicted molar refractivity (Wildman–Crippen MR) is 76.4 cm³/mol. The van der Waals surface area contributed by atoms with Gasteiger partial charge in [-0.3, -0.25) is 0 Å². The minimum atomic E-state index is 0.0581. The third kappa shape index (κ3) is 6.09. The molecule has 0 aliphatic heterocycles. The highest BCUT2D eigenvalue weighted by Crippen LogP contribution is 2.04. The summed E-state index contributed by atoms with van der Waals surface area (Å²) in [7, 11) is 0. The van der Waals surface area contributed by atoms with E-state index in [1.54, 1.807) is 12.3 Å². The highest BCUT2D eigenvalue weighted by molar-refractivity contribution is 14.1. The number of pyridine rings is 1. The molecule has 1 heterocycles. The van der Waals surface area contributed by atoms with Crippen LogP contribution in [0.4, 0.5) is 0 Å². The van der Waals surface area contributed by atoms with Crippen molar-refractivity contribution in [3.8, 4) is 0 Å². The zero-order chi connectivity index (χ0) is 11.8. The van der Waals surface area contributed by atoms with Gasteiger partial charge in [0.2, 0.25) is 0 Å². The highest BCUT2D eigenvalue weighted by atomic mass is 127. The van der Waals surface area contributed by atoms with E-state index in [0.717, 1.165) is 12.1 Å². The molecule has 3 nitrogen and oxygen atoms in total. The second-order valence-electron chi connectivity index (χ2n) is 3.06. The topological polar surface area (TPSA) is 50.9 Å². The van der Waals surface area contributed by atoms with Crippen molar-refractivity contribution in [3.05, 3.63) is 53.5 Å². The summed E-state index contributed by atoms with van der Waals surface area (Å²) in [6.45, 7) is 0.727. The van der Waals surface area contributed by atoms with Gasteiger partial charge in [-0.15, -0.1) is 0 Å². The number of allylic oxidation sites excluding steroid dienone is 2. The predicted octanol–water partition coefficient (Wildman–Crippen LogP) is 2.61. The number of hydrogen-bond donors (Lipinski definition) is 2. The lowest BCUT2D eigenvalue weighted by Gasteiger charge is -1.99. The Morgan fingerprint density at radius 1 is 1.50 bits per heavy atom. The van der Waals surface area contributed by atoms with Crippen molar-refractivity contribution in [2.45, 2.75) is 10.6 Å². The number of halogens is 2. The maximum Gasteiger partial charge on any atom is 0.129 e. The lowest BCUT2D eigenvalue weighted by molar-refractivity contribution is 0.863. The Kier molecular flexibility index (Phi) is 6.44. The van der Waals surface area contributed by atoms with Crippen LogP contribution in [0.2, 0.25) is 5.15 Å². The molecule has 0 spiro atoms. The Morgan fingerprint density at radius 2 is 2.31 bits per heavy atom. The Labute approximate surface area is 114 Å². The van der Waals surface area contributed by atoms with Crippen LogP contribution < -0.4 is 11.1 Å². The normalized spacial score (nSPS) is 13.4. The smallest absolute Gasteiger partial charge is 0.129 e. The van der Waals surface area contributed by atoms with Crippen molar-refractivity contribution in [2.24, 2.45) is 5.73 Å². The first-order chi connectivity index (χ1) is 7.68. The van der Waals surface area contributed by atoms with Crippen molar-refractivity contribution in [1.29, 1.82) is 0 Å². The largest absolute Gasteiger partial charge is 0.387 e. The van der Waals surface area contributed by atoms with Crippen molar-refractivity contribution < 1.29 is 0 Å². The van der Waals surface area contributed by atoms with E-state index < -0.39 is 0 Å². The Morgan fingerprint density at radius 3 is 2.94 bits per heavy atom. The van der Waals surface area contributed by atoms with Gasteiger partial charge in [0.05, 0.1) is 4.05 Å². The van der Waals surface area contributed by atoms with E-state index in [4.69, 9.17) is 17.3 Å². The summed E-state index contributed by atoms with van der Waals surface area (Å²) in [6.07, 6.45) is 9.33. The molecule has 1 aromatic heterocycles.